The molecule has 1 aromatic heterocycles. The predicted octanol–water partition coefficient (Wildman–Crippen LogP) is 3.80. The number of nitrogens with one attached hydrogen (secondary N) is 1. The number of piperidine rings is 1. The molecule has 3 saturated heterocycles. The van der Waals surface area contributed by atoms with Crippen molar-refractivity contribution in [2.45, 2.75) is 76.5 Å². The van der Waals surface area contributed by atoms with Crippen molar-refractivity contribution in [2.24, 2.45) is 5.73 Å². The van der Waals surface area contributed by atoms with Crippen LogP contribution in [-0.2, 0) is 4.74 Å². The summed E-state index contributed by atoms with van der Waals surface area (Å²) in [5.74, 6) is 0.198. The van der Waals surface area contributed by atoms with Gasteiger partial charge in [-0.3, -0.25) is 9.69 Å². The minimum absolute atomic E-state index is 0.0982. The lowest BCUT2D eigenvalue weighted by molar-refractivity contribution is 0.0274. The summed E-state index contributed by atoms with van der Waals surface area (Å²) in [6.07, 6.45) is 4.31. The van der Waals surface area contributed by atoms with E-state index in [1.165, 1.54) is 18.5 Å². The van der Waals surface area contributed by atoms with Crippen molar-refractivity contribution in [2.75, 3.05) is 69.6 Å². The van der Waals surface area contributed by atoms with Crippen LogP contribution in [0.25, 0.3) is 0 Å². The van der Waals surface area contributed by atoms with Gasteiger partial charge in [0.1, 0.15) is 17.4 Å². The van der Waals surface area contributed by atoms with Gasteiger partial charge < -0.3 is 35.2 Å². The van der Waals surface area contributed by atoms with E-state index in [2.05, 4.69) is 44.2 Å². The third-order valence-corrected chi connectivity index (χ3v) is 9.18. The smallest absolute Gasteiger partial charge is 0.410 e. The van der Waals surface area contributed by atoms with E-state index >= 15 is 0 Å². The van der Waals surface area contributed by atoms with Crippen LogP contribution in [-0.4, -0.2) is 114 Å². The lowest BCUT2D eigenvalue weighted by Gasteiger charge is -2.42. The van der Waals surface area contributed by atoms with Gasteiger partial charge in [0.15, 0.2) is 11.5 Å². The Morgan fingerprint density at radius 3 is 2.22 bits per heavy atom. The molecule has 1 aromatic carbocycles. The first kappa shape index (κ1) is 31.3. The molecule has 0 radical (unpaired) electrons. The summed E-state index contributed by atoms with van der Waals surface area (Å²) >= 11 is 0. The van der Waals surface area contributed by atoms with E-state index in [1.54, 1.807) is 4.90 Å². The monoisotopic (exact) mass is 620 g/mol. The molecular formula is C33H48N8O4. The molecule has 12 heteroatoms. The minimum Gasteiger partial charge on any atom is -0.471 e. The molecule has 0 spiro atoms. The number of hydrogen-bond donors (Lipinski definition) is 2. The van der Waals surface area contributed by atoms with Gasteiger partial charge >= 0.3 is 6.09 Å². The summed E-state index contributed by atoms with van der Waals surface area (Å²) in [5, 5.41) is 3.27. The number of nitrogens with zero attached hydrogens (tertiary/aromatic N) is 6. The molecule has 4 heterocycles. The number of likely N-dealkylation sites (tertiary alicyclic amines) is 1. The van der Waals surface area contributed by atoms with Crippen LogP contribution in [0.15, 0.2) is 24.3 Å². The highest BCUT2D eigenvalue weighted by molar-refractivity contribution is 5.96. The molecular weight excluding hydrogens is 572 g/mol. The van der Waals surface area contributed by atoms with Crippen LogP contribution in [0, 0.1) is 0 Å². The molecule has 2 aromatic rings. The number of nitrogens with two attached hydrogens (primary N) is 1. The summed E-state index contributed by atoms with van der Waals surface area (Å²) in [5.41, 5.74) is 7.93. The molecule has 6 rings (SSSR count). The average Bonchev–Trinajstić information content (AvgIpc) is 3.74. The van der Waals surface area contributed by atoms with Gasteiger partial charge in [0.05, 0.1) is 6.54 Å². The van der Waals surface area contributed by atoms with Gasteiger partial charge in [-0.05, 0) is 77.8 Å². The van der Waals surface area contributed by atoms with Gasteiger partial charge in [-0.2, -0.15) is 4.98 Å². The summed E-state index contributed by atoms with van der Waals surface area (Å²) in [6, 6.07) is 8.88. The molecule has 45 heavy (non-hydrogen) atoms. The number of anilines is 3. The Labute approximate surface area is 266 Å². The number of aromatic nitrogens is 2. The molecule has 1 saturated carbocycles. The fraction of sp³-hybridized carbons (Fsp3) is 0.636. The highest BCUT2D eigenvalue weighted by Crippen LogP contribution is 2.44. The number of carbonyl (C=O) groups excluding carboxylic acids is 2. The van der Waals surface area contributed by atoms with Gasteiger partial charge in [0.25, 0.3) is 5.91 Å². The first-order chi connectivity index (χ1) is 21.5. The van der Waals surface area contributed by atoms with E-state index < -0.39 is 11.5 Å². The number of carbonyl (C=O) groups is 2. The van der Waals surface area contributed by atoms with Crippen molar-refractivity contribution in [3.8, 4) is 5.88 Å². The summed E-state index contributed by atoms with van der Waals surface area (Å²) in [6.45, 7) is 13.2. The first-order valence-electron chi connectivity index (χ1n) is 16.4. The van der Waals surface area contributed by atoms with Crippen molar-refractivity contribution in [3.63, 3.8) is 0 Å². The topological polar surface area (TPSA) is 129 Å². The second-order valence-electron chi connectivity index (χ2n) is 13.9. The van der Waals surface area contributed by atoms with Crippen molar-refractivity contribution >= 4 is 29.2 Å². The lowest BCUT2D eigenvalue weighted by Crippen LogP contribution is -2.52. The Morgan fingerprint density at radius 2 is 1.60 bits per heavy atom. The molecule has 0 unspecified atom stereocenters. The van der Waals surface area contributed by atoms with Crippen LogP contribution in [0.2, 0.25) is 0 Å². The molecule has 2 amide bonds. The largest absolute Gasteiger partial charge is 0.471 e. The van der Waals surface area contributed by atoms with Crippen LogP contribution in [0.1, 0.15) is 75.0 Å². The van der Waals surface area contributed by atoms with Crippen LogP contribution in [0.4, 0.5) is 22.0 Å². The van der Waals surface area contributed by atoms with E-state index in [1.807, 2.05) is 32.9 Å². The van der Waals surface area contributed by atoms with Gasteiger partial charge in [-0.25, -0.2) is 9.78 Å². The van der Waals surface area contributed by atoms with Crippen LogP contribution in [0.3, 0.4) is 0 Å². The standard InChI is InChI=1S/C33H48N8O4/c1-33(2,3)45-32(43)41-16-13-26(21-41)44-31-27(22-5-6-22)36-28(29(34)42)30(37-31)35-23-7-9-24(10-8-23)39-14-11-25(12-15-39)40-19-17-38(4)18-20-40/h7-10,22,25-26H,5-6,11-21H2,1-4H3,(H2,34,42)(H,35,37)/t26-/m1/s1. The number of amides is 2. The average molecular weight is 621 g/mol. The highest BCUT2D eigenvalue weighted by Gasteiger charge is 2.36. The summed E-state index contributed by atoms with van der Waals surface area (Å²) < 4.78 is 11.9. The molecule has 0 bridgehead atoms. The number of hydrogen-bond acceptors (Lipinski definition) is 10. The van der Waals surface area contributed by atoms with Crippen molar-refractivity contribution in [3.05, 3.63) is 35.7 Å². The Balaban J connectivity index is 1.12. The summed E-state index contributed by atoms with van der Waals surface area (Å²) in [4.78, 5) is 43.7. The molecule has 4 aliphatic rings. The maximum absolute atomic E-state index is 12.6. The molecule has 3 N–H and O–H groups in total. The van der Waals surface area contributed by atoms with Crippen LogP contribution in [0.5, 0.6) is 5.88 Å². The maximum Gasteiger partial charge on any atom is 0.410 e. The van der Waals surface area contributed by atoms with E-state index in [0.29, 0.717) is 37.1 Å². The van der Waals surface area contributed by atoms with E-state index in [-0.39, 0.29) is 29.6 Å². The zero-order valence-electron chi connectivity index (χ0n) is 27.1. The maximum atomic E-state index is 12.6. The number of likely N-dealkylation sites (N-methyl/N-ethyl adjacent to an activating group) is 1. The molecule has 1 atom stereocenters. The third kappa shape index (κ3) is 7.78. The predicted molar refractivity (Wildman–Crippen MR) is 173 cm³/mol. The zero-order valence-corrected chi connectivity index (χ0v) is 27.1. The molecule has 12 nitrogen and oxygen atoms in total. The zero-order chi connectivity index (χ0) is 31.7. The van der Waals surface area contributed by atoms with Crippen molar-refractivity contribution < 1.29 is 19.1 Å². The third-order valence-electron chi connectivity index (χ3n) is 9.18. The van der Waals surface area contributed by atoms with Gasteiger partial charge in [-0.15, -0.1) is 0 Å². The van der Waals surface area contributed by atoms with E-state index in [4.69, 9.17) is 20.2 Å². The van der Waals surface area contributed by atoms with Gasteiger partial charge in [0, 0.05) is 75.6 Å². The Bertz CT molecular complexity index is 1360. The Hall–Kier alpha value is -3.64. The van der Waals surface area contributed by atoms with Crippen molar-refractivity contribution in [1.82, 2.24) is 24.7 Å². The molecule has 4 fully saturated rings. The molecule has 244 valence electrons. The van der Waals surface area contributed by atoms with Crippen LogP contribution >= 0.6 is 0 Å². The molecule has 1 aliphatic carbocycles. The second-order valence-corrected chi connectivity index (χ2v) is 13.9. The van der Waals surface area contributed by atoms with Crippen molar-refractivity contribution in [1.29, 1.82) is 0 Å². The lowest BCUT2D eigenvalue weighted by atomic mass is 10.0. The van der Waals surface area contributed by atoms with Gasteiger partial charge in [0.2, 0.25) is 5.88 Å². The SMILES string of the molecule is CN1CCN(C2CCN(c3ccc(Nc4nc(O[C@@H]5CCN(C(=O)OC(C)(C)C)C5)c(C5CC5)nc4C(N)=O)cc3)CC2)CC1. The van der Waals surface area contributed by atoms with E-state index in [0.717, 1.165) is 57.8 Å². The molecule has 3 aliphatic heterocycles. The number of ether oxygens (including phenoxy) is 2. The Kier molecular flexibility index (Phi) is 9.05. The number of rotatable bonds is 8. The van der Waals surface area contributed by atoms with E-state index in [9.17, 15) is 9.59 Å². The van der Waals surface area contributed by atoms with Crippen LogP contribution < -0.4 is 20.7 Å². The summed E-state index contributed by atoms with van der Waals surface area (Å²) in [7, 11) is 2.20. The first-order valence-corrected chi connectivity index (χ1v) is 16.4. The normalized spacial score (nSPS) is 22.0. The quantitative estimate of drug-likeness (QED) is 0.450. The fourth-order valence-electron chi connectivity index (χ4n) is 6.44. The number of piperazine rings is 1. The van der Waals surface area contributed by atoms with Gasteiger partial charge in [-0.1, -0.05) is 0 Å². The Morgan fingerprint density at radius 1 is 0.911 bits per heavy atom. The number of primary amides is 1. The minimum atomic E-state index is -0.643. The highest BCUT2D eigenvalue weighted by atomic mass is 16.6. The fourth-order valence-corrected chi connectivity index (χ4v) is 6.44. The second kappa shape index (κ2) is 13.0. The number of benzene rings is 1.